The molecule has 3 fully saturated rings. The van der Waals surface area contributed by atoms with Crippen molar-refractivity contribution in [1.82, 2.24) is 4.57 Å². The number of phenolic OH excluding ortho intramolecular Hbond substituents is 1. The molecule has 3 aliphatic rings. The summed E-state index contributed by atoms with van der Waals surface area (Å²) < 4.78 is 26.5. The van der Waals surface area contributed by atoms with Crippen molar-refractivity contribution >= 4 is 23.7 Å². The number of ketones is 1. The largest absolute Gasteiger partial charge is 0.507 e. The maximum atomic E-state index is 14.4. The molecule has 252 valence electrons. The highest BCUT2D eigenvalue weighted by Crippen LogP contribution is 2.67. The number of hydrogen-bond donors (Lipinski definition) is 2. The van der Waals surface area contributed by atoms with Crippen molar-refractivity contribution in [2.45, 2.75) is 75.7 Å². The van der Waals surface area contributed by atoms with Crippen molar-refractivity contribution in [3.8, 4) is 5.75 Å². The summed E-state index contributed by atoms with van der Waals surface area (Å²) in [6.45, 7) is 6.26. The maximum Gasteiger partial charge on any atom is 0.342 e. The van der Waals surface area contributed by atoms with E-state index in [9.17, 15) is 34.2 Å². The second-order valence-corrected chi connectivity index (χ2v) is 13.6. The van der Waals surface area contributed by atoms with Crippen LogP contribution in [0.4, 0.5) is 0 Å². The van der Waals surface area contributed by atoms with Crippen LogP contribution in [-0.4, -0.2) is 73.6 Å². The lowest BCUT2D eigenvalue weighted by atomic mass is 9.47. The number of aryl methyl sites for hydroxylation is 1. The fourth-order valence-electron chi connectivity index (χ4n) is 7.97. The number of benzene rings is 2. The Balaban J connectivity index is 1.56. The Morgan fingerprint density at radius 3 is 2.10 bits per heavy atom. The van der Waals surface area contributed by atoms with E-state index in [-0.39, 0.29) is 40.8 Å². The monoisotopic (exact) mass is 659 g/mol. The molecule has 48 heavy (non-hydrogen) atoms. The average molecular weight is 660 g/mol. The molecule has 12 heteroatoms. The number of aliphatic hydroxyl groups is 1. The molecule has 0 unspecified atom stereocenters. The summed E-state index contributed by atoms with van der Waals surface area (Å²) in [6.07, 6.45) is -3.42. The Bertz CT molecular complexity index is 1860. The van der Waals surface area contributed by atoms with E-state index in [1.807, 2.05) is 0 Å². The number of aromatic nitrogens is 1. The van der Waals surface area contributed by atoms with Gasteiger partial charge in [0.1, 0.15) is 34.7 Å². The van der Waals surface area contributed by atoms with Gasteiger partial charge in [-0.05, 0) is 64.4 Å². The van der Waals surface area contributed by atoms with Crippen molar-refractivity contribution < 1.29 is 48.3 Å². The Labute approximate surface area is 276 Å². The molecule has 2 aromatic carbocycles. The van der Waals surface area contributed by atoms with Gasteiger partial charge in [-0.2, -0.15) is 0 Å². The number of pyridine rings is 1. The first-order valence-electron chi connectivity index (χ1n) is 15.6. The molecular formula is C36H37NO11. The number of rotatable bonds is 6. The summed E-state index contributed by atoms with van der Waals surface area (Å²) >= 11 is 0. The summed E-state index contributed by atoms with van der Waals surface area (Å²) in [4.78, 5) is 67.8. The van der Waals surface area contributed by atoms with Gasteiger partial charge in [-0.15, -0.1) is 0 Å². The molecule has 0 radical (unpaired) electrons. The van der Waals surface area contributed by atoms with E-state index >= 15 is 0 Å². The van der Waals surface area contributed by atoms with E-state index in [4.69, 9.17) is 18.9 Å². The van der Waals surface area contributed by atoms with Crippen LogP contribution in [0.15, 0.2) is 77.7 Å². The van der Waals surface area contributed by atoms with Crippen LogP contribution in [0.25, 0.3) is 0 Å². The van der Waals surface area contributed by atoms with Gasteiger partial charge < -0.3 is 33.7 Å². The van der Waals surface area contributed by atoms with Crippen molar-refractivity contribution in [2.75, 3.05) is 0 Å². The summed E-state index contributed by atoms with van der Waals surface area (Å²) in [6, 6.07) is 16.3. The lowest BCUT2D eigenvalue weighted by Crippen LogP contribution is -2.80. The molecular weight excluding hydrogens is 622 g/mol. The zero-order valence-electron chi connectivity index (χ0n) is 27.2. The van der Waals surface area contributed by atoms with Gasteiger partial charge in [0.05, 0.1) is 28.2 Å². The molecule has 6 rings (SSSR count). The topological polar surface area (TPSA) is 168 Å². The molecule has 1 aliphatic heterocycles. The molecule has 2 saturated carbocycles. The number of carbonyl (C=O) groups excluding carboxylic acids is 4. The lowest BCUT2D eigenvalue weighted by Gasteiger charge is -2.62. The third-order valence-electron chi connectivity index (χ3n) is 10.3. The SMILES string of the molecule is Cn1cc(C(=O)O[C@@H]2[C@H]3[C@H](OC(=O)c4ccccc4)[C@@]4(OC3(C)C)[C@](C)(O)CCC(=O)[C@]4(C)[C@@H]2OC(=O)c2ccccc2O)ccc1=O. The molecule has 2 bridgehead atoms. The van der Waals surface area contributed by atoms with Crippen LogP contribution >= 0.6 is 0 Å². The van der Waals surface area contributed by atoms with Crippen LogP contribution in [-0.2, 0) is 30.8 Å². The van der Waals surface area contributed by atoms with E-state index in [2.05, 4.69) is 0 Å². The highest BCUT2D eigenvalue weighted by Gasteiger charge is 2.85. The van der Waals surface area contributed by atoms with E-state index in [1.54, 1.807) is 44.2 Å². The fraction of sp³-hybridized carbons (Fsp3) is 0.417. The van der Waals surface area contributed by atoms with Crippen LogP contribution in [0.1, 0.15) is 71.6 Å². The van der Waals surface area contributed by atoms with E-state index in [0.29, 0.717) is 0 Å². The number of para-hydroxylation sites is 1. The van der Waals surface area contributed by atoms with Gasteiger partial charge in [-0.25, -0.2) is 14.4 Å². The molecule has 0 amide bonds. The minimum atomic E-state index is -1.99. The summed E-state index contributed by atoms with van der Waals surface area (Å²) in [5, 5.41) is 22.7. The van der Waals surface area contributed by atoms with Crippen LogP contribution < -0.4 is 5.56 Å². The Kier molecular flexibility index (Phi) is 7.87. The third kappa shape index (κ3) is 4.84. The zero-order chi connectivity index (χ0) is 34.8. The minimum Gasteiger partial charge on any atom is -0.507 e. The molecule has 1 aromatic heterocycles. The first kappa shape index (κ1) is 33.1. The smallest absolute Gasteiger partial charge is 0.342 e. The summed E-state index contributed by atoms with van der Waals surface area (Å²) in [5.41, 5.74) is -7.53. The molecule has 12 nitrogen and oxygen atoms in total. The molecule has 2 N–H and O–H groups in total. The molecule has 1 saturated heterocycles. The lowest BCUT2D eigenvalue weighted by molar-refractivity contribution is -0.295. The second-order valence-electron chi connectivity index (χ2n) is 13.6. The van der Waals surface area contributed by atoms with Gasteiger partial charge in [0.15, 0.2) is 11.7 Å². The van der Waals surface area contributed by atoms with E-state index < -0.39 is 70.1 Å². The van der Waals surface area contributed by atoms with Gasteiger partial charge in [0.25, 0.3) is 0 Å². The normalized spacial score (nSPS) is 31.8. The predicted octanol–water partition coefficient (Wildman–Crippen LogP) is 3.37. The van der Waals surface area contributed by atoms with E-state index in [1.165, 1.54) is 68.1 Å². The highest BCUT2D eigenvalue weighted by atomic mass is 16.6. The van der Waals surface area contributed by atoms with Gasteiger partial charge >= 0.3 is 17.9 Å². The van der Waals surface area contributed by atoms with Crippen LogP contribution in [0.2, 0.25) is 0 Å². The first-order valence-corrected chi connectivity index (χ1v) is 15.6. The molecule has 2 aliphatic carbocycles. The highest BCUT2D eigenvalue weighted by molar-refractivity contribution is 5.95. The zero-order valence-corrected chi connectivity index (χ0v) is 27.2. The number of fused-ring (bicyclic) bond motifs is 1. The Morgan fingerprint density at radius 2 is 1.44 bits per heavy atom. The Hall–Kier alpha value is -4.81. The second kappa shape index (κ2) is 11.4. The molecule has 2 heterocycles. The minimum absolute atomic E-state index is 0.0126. The first-order chi connectivity index (χ1) is 22.5. The average Bonchev–Trinajstić information content (AvgIpc) is 3.25. The maximum absolute atomic E-state index is 14.4. The fourth-order valence-corrected chi connectivity index (χ4v) is 7.97. The quantitative estimate of drug-likeness (QED) is 0.294. The predicted molar refractivity (Wildman–Crippen MR) is 168 cm³/mol. The molecule has 7 atom stereocenters. The number of esters is 3. The van der Waals surface area contributed by atoms with Gasteiger partial charge in [0.2, 0.25) is 5.56 Å². The summed E-state index contributed by atoms with van der Waals surface area (Å²) in [7, 11) is 1.46. The number of phenols is 1. The van der Waals surface area contributed by atoms with Crippen LogP contribution in [0.3, 0.4) is 0 Å². The van der Waals surface area contributed by atoms with Crippen molar-refractivity contribution in [1.29, 1.82) is 0 Å². The van der Waals surface area contributed by atoms with Gasteiger partial charge in [-0.3, -0.25) is 9.59 Å². The number of nitrogens with zero attached hydrogens (tertiary/aromatic N) is 1. The standard InChI is InChI=1S/C36H37NO11/c1-33(2)26-27(45-31(42)21-15-16-25(40)37(5)19-21)29(47-32(43)22-13-9-10-14-23(22)38)35(4)24(39)17-18-34(3,44)36(35,48-33)28(26)46-30(41)20-11-7-6-8-12-20/h6-16,19,26-29,38,44H,17-18H2,1-5H3/t26-,27+,28-,29+,34+,35+,36+/m0/s1. The van der Waals surface area contributed by atoms with Crippen molar-refractivity contribution in [3.63, 3.8) is 0 Å². The van der Waals surface area contributed by atoms with Crippen LogP contribution in [0.5, 0.6) is 5.75 Å². The summed E-state index contributed by atoms with van der Waals surface area (Å²) in [5.74, 6) is -4.67. The third-order valence-corrected chi connectivity index (χ3v) is 10.3. The number of carbonyl (C=O) groups is 4. The number of Topliss-reactive ketones (excluding diaryl/α,β-unsaturated/α-hetero) is 1. The Morgan fingerprint density at radius 1 is 0.812 bits per heavy atom. The molecule has 1 spiro atoms. The number of hydrogen-bond acceptors (Lipinski definition) is 11. The van der Waals surface area contributed by atoms with Gasteiger partial charge in [0, 0.05) is 25.7 Å². The number of ether oxygens (including phenoxy) is 4. The van der Waals surface area contributed by atoms with Gasteiger partial charge in [-0.1, -0.05) is 30.3 Å². The number of aromatic hydroxyl groups is 1. The molecule has 3 aromatic rings. The van der Waals surface area contributed by atoms with Crippen molar-refractivity contribution in [3.05, 3.63) is 100.0 Å². The van der Waals surface area contributed by atoms with Crippen molar-refractivity contribution in [2.24, 2.45) is 18.4 Å². The van der Waals surface area contributed by atoms with Crippen LogP contribution in [0, 0.1) is 11.3 Å². The van der Waals surface area contributed by atoms with E-state index in [0.717, 1.165) is 0 Å².